The second kappa shape index (κ2) is 9.30. The van der Waals surface area contributed by atoms with Gasteiger partial charge in [0, 0.05) is 30.3 Å². The number of carbonyl (C=O) groups is 1. The third kappa shape index (κ3) is 5.18. The highest BCUT2D eigenvalue weighted by molar-refractivity contribution is 6.30. The van der Waals surface area contributed by atoms with E-state index >= 15 is 0 Å². The number of nitrogens with zero attached hydrogens (tertiary/aromatic N) is 1. The summed E-state index contributed by atoms with van der Waals surface area (Å²) in [7, 11) is 0. The van der Waals surface area contributed by atoms with Crippen LogP contribution in [0, 0.1) is 6.92 Å². The third-order valence-electron chi connectivity index (χ3n) is 4.90. The molecule has 28 heavy (non-hydrogen) atoms. The molecule has 1 fully saturated rings. The van der Waals surface area contributed by atoms with Crippen LogP contribution in [0.4, 0.5) is 0 Å². The van der Waals surface area contributed by atoms with Crippen LogP contribution in [-0.4, -0.2) is 41.3 Å². The fourth-order valence-electron chi connectivity index (χ4n) is 3.36. The minimum Gasteiger partial charge on any atom is -0.508 e. The van der Waals surface area contributed by atoms with Crippen molar-refractivity contribution in [3.05, 3.63) is 58.6 Å². The molecule has 1 heterocycles. The van der Waals surface area contributed by atoms with Crippen LogP contribution >= 0.6 is 11.6 Å². The number of carbonyl (C=O) groups excluding carboxylic acids is 1. The van der Waals surface area contributed by atoms with Gasteiger partial charge in [0.15, 0.2) is 6.10 Å². The van der Waals surface area contributed by atoms with Crippen LogP contribution in [0.2, 0.25) is 5.02 Å². The molecular formula is C22H26ClNO4. The number of benzene rings is 2. The van der Waals surface area contributed by atoms with Crippen molar-refractivity contribution < 1.29 is 19.4 Å². The predicted octanol–water partition coefficient (Wildman–Crippen LogP) is 4.33. The Balaban J connectivity index is 1.75. The van der Waals surface area contributed by atoms with E-state index < -0.39 is 6.10 Å². The van der Waals surface area contributed by atoms with E-state index in [9.17, 15) is 9.90 Å². The zero-order chi connectivity index (χ0) is 20.1. The number of phenolic OH excluding ortho intramolecular Hbond substituents is 1. The number of para-hydroxylation sites is 1. The fourth-order valence-corrected chi connectivity index (χ4v) is 3.59. The lowest BCUT2D eigenvalue weighted by molar-refractivity contribution is -0.140. The van der Waals surface area contributed by atoms with Crippen molar-refractivity contribution in [3.8, 4) is 11.5 Å². The van der Waals surface area contributed by atoms with Crippen LogP contribution in [-0.2, 0) is 16.1 Å². The maximum Gasteiger partial charge on any atom is 0.263 e. The van der Waals surface area contributed by atoms with Gasteiger partial charge in [-0.3, -0.25) is 4.79 Å². The zero-order valence-electron chi connectivity index (χ0n) is 16.2. The van der Waals surface area contributed by atoms with Gasteiger partial charge in [-0.05, 0) is 56.5 Å². The van der Waals surface area contributed by atoms with Crippen LogP contribution in [0.3, 0.4) is 0 Å². The van der Waals surface area contributed by atoms with Gasteiger partial charge in [0.05, 0.1) is 6.10 Å². The zero-order valence-corrected chi connectivity index (χ0v) is 17.0. The molecule has 5 nitrogen and oxygen atoms in total. The number of aromatic hydroxyl groups is 1. The summed E-state index contributed by atoms with van der Waals surface area (Å²) in [5.74, 6) is 0.660. The third-order valence-corrected chi connectivity index (χ3v) is 5.14. The van der Waals surface area contributed by atoms with E-state index in [1.54, 1.807) is 42.2 Å². The van der Waals surface area contributed by atoms with Crippen LogP contribution in [0.1, 0.15) is 30.9 Å². The Morgan fingerprint density at radius 3 is 2.82 bits per heavy atom. The molecule has 1 N–H and O–H groups in total. The molecule has 1 amide bonds. The standard InChI is InChI=1S/C22H26ClNO4/c1-15-12-18(23)9-10-21(15)28-16(2)22(26)24(14-19-7-5-11-27-19)13-17-6-3-4-8-20(17)25/h3-4,6,8-10,12,16,19,25H,5,7,11,13-14H2,1-2H3. The first-order valence-electron chi connectivity index (χ1n) is 9.54. The number of aryl methyl sites for hydroxylation is 1. The Labute approximate surface area is 170 Å². The van der Waals surface area contributed by atoms with E-state index in [-0.39, 0.29) is 17.8 Å². The molecule has 1 aliphatic rings. The Morgan fingerprint density at radius 2 is 2.14 bits per heavy atom. The summed E-state index contributed by atoms with van der Waals surface area (Å²) in [5, 5.41) is 10.8. The summed E-state index contributed by atoms with van der Waals surface area (Å²) in [5.41, 5.74) is 1.57. The molecule has 2 aromatic carbocycles. The molecule has 150 valence electrons. The number of phenols is 1. The Kier molecular flexibility index (Phi) is 6.81. The van der Waals surface area contributed by atoms with E-state index in [0.29, 0.717) is 29.4 Å². The maximum atomic E-state index is 13.2. The molecule has 0 bridgehead atoms. The molecule has 1 aliphatic heterocycles. The van der Waals surface area contributed by atoms with Crippen molar-refractivity contribution in [2.45, 2.75) is 45.4 Å². The fraction of sp³-hybridized carbons (Fsp3) is 0.409. The molecule has 2 atom stereocenters. The lowest BCUT2D eigenvalue weighted by atomic mass is 10.1. The highest BCUT2D eigenvalue weighted by Gasteiger charge is 2.27. The van der Waals surface area contributed by atoms with Gasteiger partial charge in [-0.15, -0.1) is 0 Å². The van der Waals surface area contributed by atoms with Gasteiger partial charge in [0.25, 0.3) is 5.91 Å². The summed E-state index contributed by atoms with van der Waals surface area (Å²) in [4.78, 5) is 14.9. The monoisotopic (exact) mass is 403 g/mol. The van der Waals surface area contributed by atoms with Crippen molar-refractivity contribution in [1.82, 2.24) is 4.90 Å². The number of hydrogen-bond donors (Lipinski definition) is 1. The number of halogens is 1. The lowest BCUT2D eigenvalue weighted by Crippen LogP contribution is -2.43. The van der Waals surface area contributed by atoms with Crippen molar-refractivity contribution in [3.63, 3.8) is 0 Å². The second-order valence-electron chi connectivity index (χ2n) is 7.15. The first-order valence-corrected chi connectivity index (χ1v) is 9.92. The second-order valence-corrected chi connectivity index (χ2v) is 7.59. The molecule has 0 spiro atoms. The average molecular weight is 404 g/mol. The van der Waals surface area contributed by atoms with Crippen molar-refractivity contribution >= 4 is 17.5 Å². The smallest absolute Gasteiger partial charge is 0.263 e. The number of ether oxygens (including phenoxy) is 2. The Morgan fingerprint density at radius 1 is 1.36 bits per heavy atom. The van der Waals surface area contributed by atoms with Gasteiger partial charge < -0.3 is 19.5 Å². The van der Waals surface area contributed by atoms with Crippen molar-refractivity contribution in [1.29, 1.82) is 0 Å². The van der Waals surface area contributed by atoms with Crippen molar-refractivity contribution in [2.75, 3.05) is 13.2 Å². The molecule has 2 unspecified atom stereocenters. The number of amides is 1. The normalized spacial score (nSPS) is 17.3. The largest absolute Gasteiger partial charge is 0.508 e. The Bertz CT molecular complexity index is 820. The van der Waals surface area contributed by atoms with Crippen LogP contribution in [0.15, 0.2) is 42.5 Å². The first-order chi connectivity index (χ1) is 13.4. The van der Waals surface area contributed by atoms with Gasteiger partial charge in [-0.2, -0.15) is 0 Å². The highest BCUT2D eigenvalue weighted by atomic mass is 35.5. The van der Waals surface area contributed by atoms with Gasteiger partial charge in [0.1, 0.15) is 11.5 Å². The first kappa shape index (κ1) is 20.5. The van der Waals surface area contributed by atoms with E-state index in [1.807, 2.05) is 19.1 Å². The predicted molar refractivity (Wildman–Crippen MR) is 109 cm³/mol. The van der Waals surface area contributed by atoms with Gasteiger partial charge in [-0.25, -0.2) is 0 Å². The molecule has 0 radical (unpaired) electrons. The topological polar surface area (TPSA) is 59.0 Å². The summed E-state index contributed by atoms with van der Waals surface area (Å²) in [6.07, 6.45) is 1.27. The van der Waals surface area contributed by atoms with Gasteiger partial charge >= 0.3 is 0 Å². The van der Waals surface area contributed by atoms with E-state index in [4.69, 9.17) is 21.1 Å². The van der Waals surface area contributed by atoms with Crippen LogP contribution < -0.4 is 4.74 Å². The van der Waals surface area contributed by atoms with E-state index in [0.717, 1.165) is 25.0 Å². The minimum absolute atomic E-state index is 0.0132. The molecule has 0 saturated carbocycles. The number of rotatable bonds is 7. The van der Waals surface area contributed by atoms with Crippen LogP contribution in [0.5, 0.6) is 11.5 Å². The molecule has 3 rings (SSSR count). The van der Waals surface area contributed by atoms with Crippen molar-refractivity contribution in [2.24, 2.45) is 0 Å². The van der Waals surface area contributed by atoms with Gasteiger partial charge in [-0.1, -0.05) is 29.8 Å². The highest BCUT2D eigenvalue weighted by Crippen LogP contribution is 2.25. The quantitative estimate of drug-likeness (QED) is 0.747. The van der Waals surface area contributed by atoms with Crippen LogP contribution in [0.25, 0.3) is 0 Å². The summed E-state index contributed by atoms with van der Waals surface area (Å²) in [6, 6.07) is 12.4. The number of hydrogen-bond acceptors (Lipinski definition) is 4. The molecule has 0 aromatic heterocycles. The minimum atomic E-state index is -0.674. The maximum absolute atomic E-state index is 13.2. The summed E-state index contributed by atoms with van der Waals surface area (Å²) < 4.78 is 11.6. The van der Waals surface area contributed by atoms with Gasteiger partial charge in [0.2, 0.25) is 0 Å². The molecule has 6 heteroatoms. The molecular weight excluding hydrogens is 378 g/mol. The summed E-state index contributed by atoms with van der Waals surface area (Å²) in [6.45, 7) is 5.13. The van der Waals surface area contributed by atoms with E-state index in [2.05, 4.69) is 0 Å². The van der Waals surface area contributed by atoms with E-state index in [1.165, 1.54) is 0 Å². The SMILES string of the molecule is Cc1cc(Cl)ccc1OC(C)C(=O)N(Cc1ccccc1O)CC1CCCO1. The molecule has 0 aliphatic carbocycles. The Hall–Kier alpha value is -2.24. The molecule has 1 saturated heterocycles. The average Bonchev–Trinajstić information content (AvgIpc) is 3.17. The lowest BCUT2D eigenvalue weighted by Gasteiger charge is -2.29. The summed E-state index contributed by atoms with van der Waals surface area (Å²) >= 11 is 6.00. The molecule has 2 aromatic rings.